The largest absolute Gasteiger partial charge is 0.339 e. The molecule has 0 aliphatic carbocycles. The predicted octanol–water partition coefficient (Wildman–Crippen LogP) is 3.87. The smallest absolute Gasteiger partial charge is 0.232 e. The third-order valence-corrected chi connectivity index (χ3v) is 7.11. The number of piperazine rings is 1. The molecule has 4 heterocycles. The fraction of sp³-hybridized carbons (Fsp3) is 0.310. The van der Waals surface area contributed by atoms with E-state index in [-0.39, 0.29) is 18.1 Å². The van der Waals surface area contributed by atoms with Crippen LogP contribution in [-0.4, -0.2) is 69.1 Å². The summed E-state index contributed by atoms with van der Waals surface area (Å²) in [6.45, 7) is 7.20. The second-order valence-electron chi connectivity index (χ2n) is 10.0. The summed E-state index contributed by atoms with van der Waals surface area (Å²) < 4.78 is 1.95. The highest BCUT2D eigenvalue weighted by Crippen LogP contribution is 2.27. The van der Waals surface area contributed by atoms with Crippen molar-refractivity contribution in [2.24, 2.45) is 0 Å². The lowest BCUT2D eigenvalue weighted by molar-refractivity contribution is -0.137. The first-order chi connectivity index (χ1) is 17.3. The molecule has 0 radical (unpaired) electrons. The number of hydrogen-bond acceptors (Lipinski definition) is 5. The average molecular weight is 482 g/mol. The zero-order valence-electron chi connectivity index (χ0n) is 21.0. The standard InChI is InChI=1S/C29H31N5O2/c1-29(2,28(36)33-16-14-32(3)15-17-33)24-7-4-22(5-8-24)26(35)18-25-20-34-19-23(6-9-27(34)31-25)21-10-12-30-13-11-21/h4-13,19-20H,14-18H2,1-3H3. The third-order valence-electron chi connectivity index (χ3n) is 7.11. The van der Waals surface area contributed by atoms with Crippen LogP contribution in [0.4, 0.5) is 0 Å². The Bertz CT molecular complexity index is 1380. The lowest BCUT2D eigenvalue weighted by Crippen LogP contribution is -2.52. The second kappa shape index (κ2) is 9.66. The minimum atomic E-state index is -0.647. The molecule has 0 N–H and O–H groups in total. The van der Waals surface area contributed by atoms with Gasteiger partial charge >= 0.3 is 0 Å². The Hall–Kier alpha value is -3.84. The van der Waals surface area contributed by atoms with Gasteiger partial charge in [-0.15, -0.1) is 0 Å². The zero-order chi connectivity index (χ0) is 25.3. The van der Waals surface area contributed by atoms with Crippen molar-refractivity contribution < 1.29 is 9.59 Å². The molecule has 0 spiro atoms. The number of amides is 1. The van der Waals surface area contributed by atoms with E-state index in [1.165, 1.54) is 0 Å². The second-order valence-corrected chi connectivity index (χ2v) is 10.0. The van der Waals surface area contributed by atoms with E-state index < -0.39 is 5.41 Å². The first-order valence-electron chi connectivity index (χ1n) is 12.3. The fourth-order valence-corrected chi connectivity index (χ4v) is 4.71. The number of Topliss-reactive ketones (excluding diaryl/α,β-unsaturated/α-hetero) is 1. The molecule has 3 aromatic heterocycles. The van der Waals surface area contributed by atoms with Crippen LogP contribution in [0.25, 0.3) is 16.8 Å². The van der Waals surface area contributed by atoms with Gasteiger partial charge in [0, 0.05) is 56.5 Å². The molecule has 1 amide bonds. The van der Waals surface area contributed by atoms with Crippen LogP contribution >= 0.6 is 0 Å². The molecule has 36 heavy (non-hydrogen) atoms. The van der Waals surface area contributed by atoms with Crippen molar-refractivity contribution in [2.45, 2.75) is 25.7 Å². The number of hydrogen-bond donors (Lipinski definition) is 0. The van der Waals surface area contributed by atoms with Gasteiger partial charge in [-0.2, -0.15) is 0 Å². The highest BCUT2D eigenvalue weighted by molar-refractivity contribution is 5.97. The lowest BCUT2D eigenvalue weighted by atomic mass is 9.82. The first-order valence-corrected chi connectivity index (χ1v) is 12.3. The number of rotatable bonds is 6. The Kier molecular flexibility index (Phi) is 6.41. The highest BCUT2D eigenvalue weighted by atomic mass is 16.2. The van der Waals surface area contributed by atoms with Gasteiger partial charge in [0.2, 0.25) is 5.91 Å². The Labute approximate surface area is 211 Å². The summed E-state index contributed by atoms with van der Waals surface area (Å²) in [5.74, 6) is 0.132. The van der Waals surface area contributed by atoms with Crippen molar-refractivity contribution in [3.05, 3.63) is 90.1 Å². The van der Waals surface area contributed by atoms with E-state index in [4.69, 9.17) is 0 Å². The maximum atomic E-state index is 13.2. The Morgan fingerprint density at radius 2 is 1.56 bits per heavy atom. The van der Waals surface area contributed by atoms with Crippen LogP contribution in [-0.2, 0) is 16.6 Å². The number of pyridine rings is 2. The molecule has 184 valence electrons. The van der Waals surface area contributed by atoms with Gasteiger partial charge in [0.15, 0.2) is 5.78 Å². The predicted molar refractivity (Wildman–Crippen MR) is 140 cm³/mol. The molecule has 1 aliphatic rings. The van der Waals surface area contributed by atoms with Gasteiger partial charge in [0.05, 0.1) is 17.5 Å². The third kappa shape index (κ3) is 4.79. The normalized spacial score (nSPS) is 14.8. The number of likely N-dealkylation sites (N-methyl/N-ethyl adjacent to an activating group) is 1. The van der Waals surface area contributed by atoms with Crippen LogP contribution in [0.3, 0.4) is 0 Å². The van der Waals surface area contributed by atoms with Crippen LogP contribution in [0.15, 0.2) is 73.3 Å². The molecule has 1 aliphatic heterocycles. The molecule has 1 saturated heterocycles. The Balaban J connectivity index is 1.28. The van der Waals surface area contributed by atoms with Crippen molar-refractivity contribution in [1.29, 1.82) is 0 Å². The molecule has 7 heteroatoms. The maximum Gasteiger partial charge on any atom is 0.232 e. The van der Waals surface area contributed by atoms with Crippen LogP contribution in [0, 0.1) is 0 Å². The van der Waals surface area contributed by atoms with Crippen molar-refractivity contribution >= 4 is 17.3 Å². The van der Waals surface area contributed by atoms with Crippen LogP contribution in [0.5, 0.6) is 0 Å². The number of nitrogens with zero attached hydrogens (tertiary/aromatic N) is 5. The SMILES string of the molecule is CN1CCN(C(=O)C(C)(C)c2ccc(C(=O)Cc3cn4cc(-c5ccncc5)ccc4n3)cc2)CC1. The number of imidazole rings is 1. The molecule has 0 bridgehead atoms. The summed E-state index contributed by atoms with van der Waals surface area (Å²) in [6, 6.07) is 15.4. The summed E-state index contributed by atoms with van der Waals surface area (Å²) in [5.41, 5.74) is 4.55. The minimum Gasteiger partial charge on any atom is -0.339 e. The van der Waals surface area contributed by atoms with E-state index in [0.717, 1.165) is 54.2 Å². The summed E-state index contributed by atoms with van der Waals surface area (Å²) in [6.07, 6.45) is 7.68. The van der Waals surface area contributed by atoms with Gasteiger partial charge < -0.3 is 14.2 Å². The van der Waals surface area contributed by atoms with Crippen LogP contribution in [0.1, 0.15) is 35.5 Å². The van der Waals surface area contributed by atoms with E-state index in [9.17, 15) is 9.59 Å². The van der Waals surface area contributed by atoms with E-state index in [0.29, 0.717) is 5.56 Å². The molecular weight excluding hydrogens is 450 g/mol. The van der Waals surface area contributed by atoms with E-state index in [1.54, 1.807) is 12.4 Å². The molecule has 0 unspecified atom stereocenters. The number of carbonyl (C=O) groups is 2. The molecule has 4 aromatic rings. The summed E-state index contributed by atoms with van der Waals surface area (Å²) >= 11 is 0. The topological polar surface area (TPSA) is 70.8 Å². The Morgan fingerprint density at radius 1 is 0.861 bits per heavy atom. The van der Waals surface area contributed by atoms with Crippen molar-refractivity contribution in [2.75, 3.05) is 33.2 Å². The van der Waals surface area contributed by atoms with Gasteiger partial charge in [0.1, 0.15) is 5.65 Å². The summed E-state index contributed by atoms with van der Waals surface area (Å²) in [4.78, 5) is 39.1. The van der Waals surface area contributed by atoms with Gasteiger partial charge in [-0.1, -0.05) is 24.3 Å². The maximum absolute atomic E-state index is 13.2. The zero-order valence-corrected chi connectivity index (χ0v) is 21.0. The minimum absolute atomic E-state index is 0.00233. The molecule has 0 saturated carbocycles. The number of benzene rings is 1. The van der Waals surface area contributed by atoms with Crippen molar-refractivity contribution in [3.63, 3.8) is 0 Å². The molecule has 1 fully saturated rings. The van der Waals surface area contributed by atoms with E-state index in [2.05, 4.69) is 21.9 Å². The van der Waals surface area contributed by atoms with Gasteiger partial charge in [-0.25, -0.2) is 4.98 Å². The van der Waals surface area contributed by atoms with E-state index >= 15 is 0 Å². The quantitative estimate of drug-likeness (QED) is 0.391. The Morgan fingerprint density at radius 3 is 2.25 bits per heavy atom. The van der Waals surface area contributed by atoms with Gasteiger partial charge in [-0.3, -0.25) is 14.6 Å². The molecule has 5 rings (SSSR count). The van der Waals surface area contributed by atoms with E-state index in [1.807, 2.05) is 84.1 Å². The number of carbonyl (C=O) groups excluding carboxylic acids is 2. The van der Waals surface area contributed by atoms with Crippen molar-refractivity contribution in [1.82, 2.24) is 24.2 Å². The lowest BCUT2D eigenvalue weighted by Gasteiger charge is -2.37. The summed E-state index contributed by atoms with van der Waals surface area (Å²) in [7, 11) is 2.08. The first kappa shape index (κ1) is 23.9. The summed E-state index contributed by atoms with van der Waals surface area (Å²) in [5, 5.41) is 0. The average Bonchev–Trinajstić information content (AvgIpc) is 3.30. The monoisotopic (exact) mass is 481 g/mol. The number of fused-ring (bicyclic) bond motifs is 1. The number of aromatic nitrogens is 3. The molecule has 0 atom stereocenters. The van der Waals surface area contributed by atoms with Crippen LogP contribution in [0.2, 0.25) is 0 Å². The molecule has 1 aromatic carbocycles. The van der Waals surface area contributed by atoms with Gasteiger partial charge in [0.25, 0.3) is 0 Å². The highest BCUT2D eigenvalue weighted by Gasteiger charge is 2.34. The van der Waals surface area contributed by atoms with Gasteiger partial charge in [-0.05, 0) is 61.9 Å². The molecule has 7 nitrogen and oxygen atoms in total. The number of ketones is 1. The van der Waals surface area contributed by atoms with Crippen molar-refractivity contribution in [3.8, 4) is 11.1 Å². The fourth-order valence-electron chi connectivity index (χ4n) is 4.71. The van der Waals surface area contributed by atoms with Crippen LogP contribution < -0.4 is 0 Å². The molecular formula is C29H31N5O2.